The lowest BCUT2D eigenvalue weighted by molar-refractivity contribution is -0.120. The van der Waals surface area contributed by atoms with Gasteiger partial charge in [-0.3, -0.25) is 9.36 Å². The van der Waals surface area contributed by atoms with Crippen molar-refractivity contribution in [3.8, 4) is 11.4 Å². The Bertz CT molecular complexity index is 972. The number of carbonyl (C=O) groups is 1. The Balaban J connectivity index is 1.65. The zero-order chi connectivity index (χ0) is 19.5. The topological polar surface area (TPSA) is 59.8 Å². The van der Waals surface area contributed by atoms with E-state index < -0.39 is 0 Å². The second-order valence-electron chi connectivity index (χ2n) is 6.90. The molecule has 7 heteroatoms. The smallest absolute Gasteiger partial charge is 0.233 e. The molecule has 1 aromatic heterocycles. The number of nitrogens with zero attached hydrogens (tertiary/aromatic N) is 3. The number of hydrogen-bond acceptors (Lipinski definition) is 4. The van der Waals surface area contributed by atoms with Crippen molar-refractivity contribution in [2.45, 2.75) is 42.8 Å². The molecule has 3 aromatic rings. The van der Waals surface area contributed by atoms with Gasteiger partial charge >= 0.3 is 0 Å². The summed E-state index contributed by atoms with van der Waals surface area (Å²) in [6.07, 6.45) is 2.09. The summed E-state index contributed by atoms with van der Waals surface area (Å²) in [5.41, 5.74) is 1.45. The first kappa shape index (κ1) is 18.7. The van der Waals surface area contributed by atoms with E-state index in [0.29, 0.717) is 29.1 Å². The molecule has 2 aromatic carbocycles. The van der Waals surface area contributed by atoms with Crippen molar-refractivity contribution in [2.24, 2.45) is 0 Å². The molecule has 5 nitrogen and oxygen atoms in total. The molecule has 0 unspecified atom stereocenters. The van der Waals surface area contributed by atoms with Gasteiger partial charge in [-0.1, -0.05) is 54.2 Å². The average molecular weight is 396 g/mol. The standard InChI is InChI=1S/C21H21FN4OS/c1-14(20(27)23-16-11-12-16)28-21-25-24-19(17-9-5-6-10-18(17)22)26(21)13-15-7-3-2-4-8-15/h2-10,14,16H,11-13H2,1H3,(H,23,27)/t14-/m1/s1. The Kier molecular flexibility index (Phi) is 5.43. The summed E-state index contributed by atoms with van der Waals surface area (Å²) >= 11 is 1.34. The Morgan fingerprint density at radius 2 is 1.89 bits per heavy atom. The minimum absolute atomic E-state index is 0.00537. The van der Waals surface area contributed by atoms with Gasteiger partial charge in [0, 0.05) is 6.04 Å². The van der Waals surface area contributed by atoms with Crippen LogP contribution >= 0.6 is 11.8 Å². The zero-order valence-corrected chi connectivity index (χ0v) is 16.3. The van der Waals surface area contributed by atoms with E-state index in [0.717, 1.165) is 18.4 Å². The monoisotopic (exact) mass is 396 g/mol. The number of nitrogens with one attached hydrogen (secondary N) is 1. The minimum atomic E-state index is -0.347. The first-order valence-corrected chi connectivity index (χ1v) is 10.2. The van der Waals surface area contributed by atoms with Gasteiger partial charge in [-0.05, 0) is 37.5 Å². The van der Waals surface area contributed by atoms with E-state index >= 15 is 0 Å². The summed E-state index contributed by atoms with van der Waals surface area (Å²) in [7, 11) is 0. The molecule has 0 bridgehead atoms. The summed E-state index contributed by atoms with van der Waals surface area (Å²) in [5.74, 6) is 0.105. The second-order valence-corrected chi connectivity index (χ2v) is 8.21. The van der Waals surface area contributed by atoms with Gasteiger partial charge in [-0.25, -0.2) is 4.39 Å². The fourth-order valence-corrected chi connectivity index (χ4v) is 3.74. The van der Waals surface area contributed by atoms with Gasteiger partial charge in [-0.2, -0.15) is 0 Å². The van der Waals surface area contributed by atoms with Gasteiger partial charge in [0.1, 0.15) is 5.82 Å². The summed E-state index contributed by atoms with van der Waals surface area (Å²) in [6, 6.07) is 16.7. The number of thioether (sulfide) groups is 1. The van der Waals surface area contributed by atoms with E-state index in [1.807, 2.05) is 41.8 Å². The van der Waals surface area contributed by atoms with Crippen LogP contribution in [-0.2, 0) is 11.3 Å². The van der Waals surface area contributed by atoms with Gasteiger partial charge < -0.3 is 5.32 Å². The predicted molar refractivity (Wildman–Crippen MR) is 107 cm³/mol. The number of aromatic nitrogens is 3. The molecule has 1 fully saturated rings. The van der Waals surface area contributed by atoms with Gasteiger partial charge in [-0.15, -0.1) is 10.2 Å². The number of hydrogen-bond donors (Lipinski definition) is 1. The molecule has 0 radical (unpaired) electrons. The van der Waals surface area contributed by atoms with Crippen molar-refractivity contribution < 1.29 is 9.18 Å². The van der Waals surface area contributed by atoms with Gasteiger partial charge in [0.25, 0.3) is 0 Å². The van der Waals surface area contributed by atoms with Crippen LogP contribution in [0.4, 0.5) is 4.39 Å². The quantitative estimate of drug-likeness (QED) is 0.616. The van der Waals surface area contributed by atoms with E-state index in [9.17, 15) is 9.18 Å². The van der Waals surface area contributed by atoms with E-state index in [1.165, 1.54) is 17.8 Å². The zero-order valence-electron chi connectivity index (χ0n) is 15.5. The molecule has 1 N–H and O–H groups in total. The molecular weight excluding hydrogens is 375 g/mol. The van der Waals surface area contributed by atoms with Gasteiger partial charge in [0.2, 0.25) is 5.91 Å². The SMILES string of the molecule is C[C@@H](Sc1nnc(-c2ccccc2F)n1Cc1ccccc1)C(=O)NC1CC1. The number of carbonyl (C=O) groups excluding carboxylic acids is 1. The maximum absolute atomic E-state index is 14.4. The Morgan fingerprint density at radius 3 is 2.61 bits per heavy atom. The highest BCUT2D eigenvalue weighted by molar-refractivity contribution is 8.00. The average Bonchev–Trinajstić information content (AvgIpc) is 3.44. The van der Waals surface area contributed by atoms with Crippen LogP contribution in [0.15, 0.2) is 59.8 Å². The number of halogens is 1. The van der Waals surface area contributed by atoms with Crippen LogP contribution in [0.2, 0.25) is 0 Å². The van der Waals surface area contributed by atoms with Gasteiger partial charge in [0.05, 0.1) is 17.4 Å². The molecule has 1 amide bonds. The van der Waals surface area contributed by atoms with Crippen LogP contribution in [0.3, 0.4) is 0 Å². The van der Waals surface area contributed by atoms with Crippen LogP contribution < -0.4 is 5.32 Å². The van der Waals surface area contributed by atoms with Crippen molar-refractivity contribution in [1.82, 2.24) is 20.1 Å². The molecule has 1 atom stereocenters. The summed E-state index contributed by atoms with van der Waals surface area (Å²) in [6.45, 7) is 2.35. The fourth-order valence-electron chi connectivity index (χ4n) is 2.88. The molecule has 28 heavy (non-hydrogen) atoms. The van der Waals surface area contributed by atoms with Crippen LogP contribution in [0.5, 0.6) is 0 Å². The van der Waals surface area contributed by atoms with E-state index in [-0.39, 0.29) is 17.0 Å². The van der Waals surface area contributed by atoms with Crippen molar-refractivity contribution in [3.63, 3.8) is 0 Å². The minimum Gasteiger partial charge on any atom is -0.352 e. The molecule has 1 saturated carbocycles. The van der Waals surface area contributed by atoms with E-state index in [2.05, 4.69) is 15.5 Å². The van der Waals surface area contributed by atoms with E-state index in [4.69, 9.17) is 0 Å². The molecule has 0 aliphatic heterocycles. The maximum Gasteiger partial charge on any atom is 0.233 e. The van der Waals surface area contributed by atoms with Crippen molar-refractivity contribution >= 4 is 17.7 Å². The number of amides is 1. The van der Waals surface area contributed by atoms with Crippen LogP contribution in [0.1, 0.15) is 25.3 Å². The van der Waals surface area contributed by atoms with Crippen LogP contribution in [0, 0.1) is 5.82 Å². The van der Waals surface area contributed by atoms with Crippen molar-refractivity contribution in [1.29, 1.82) is 0 Å². The normalized spacial score (nSPS) is 14.6. The number of benzene rings is 2. The maximum atomic E-state index is 14.4. The number of rotatable bonds is 7. The van der Waals surface area contributed by atoms with Crippen molar-refractivity contribution in [3.05, 3.63) is 66.0 Å². The molecule has 1 heterocycles. The highest BCUT2D eigenvalue weighted by Gasteiger charge is 2.27. The third-order valence-electron chi connectivity index (χ3n) is 4.59. The molecule has 0 spiro atoms. The third kappa shape index (κ3) is 4.25. The summed E-state index contributed by atoms with van der Waals surface area (Å²) in [5, 5.41) is 11.8. The molecular formula is C21H21FN4OS. The third-order valence-corrected chi connectivity index (χ3v) is 5.67. The fraction of sp³-hybridized carbons (Fsp3) is 0.286. The van der Waals surface area contributed by atoms with Crippen LogP contribution in [-0.4, -0.2) is 32.0 Å². The lowest BCUT2D eigenvalue weighted by Gasteiger charge is -2.14. The second kappa shape index (κ2) is 8.14. The molecule has 1 aliphatic rings. The predicted octanol–water partition coefficient (Wildman–Crippen LogP) is 3.89. The van der Waals surface area contributed by atoms with Crippen LogP contribution in [0.25, 0.3) is 11.4 Å². The lowest BCUT2D eigenvalue weighted by atomic mass is 10.2. The highest BCUT2D eigenvalue weighted by atomic mass is 32.2. The molecule has 1 aliphatic carbocycles. The van der Waals surface area contributed by atoms with Crippen molar-refractivity contribution in [2.75, 3.05) is 0 Å². The highest BCUT2D eigenvalue weighted by Crippen LogP contribution is 2.29. The van der Waals surface area contributed by atoms with E-state index in [1.54, 1.807) is 18.2 Å². The first-order chi connectivity index (χ1) is 13.6. The Hall–Kier alpha value is -2.67. The summed E-state index contributed by atoms with van der Waals surface area (Å²) < 4.78 is 16.3. The summed E-state index contributed by atoms with van der Waals surface area (Å²) in [4.78, 5) is 12.3. The lowest BCUT2D eigenvalue weighted by Crippen LogP contribution is -2.32. The van der Waals surface area contributed by atoms with Gasteiger partial charge in [0.15, 0.2) is 11.0 Å². The Morgan fingerprint density at radius 1 is 1.18 bits per heavy atom. The molecule has 144 valence electrons. The molecule has 4 rings (SSSR count). The Labute approximate surface area is 167 Å². The molecule has 0 saturated heterocycles. The first-order valence-electron chi connectivity index (χ1n) is 9.31. The largest absolute Gasteiger partial charge is 0.352 e.